The van der Waals surface area contributed by atoms with Gasteiger partial charge in [-0.25, -0.2) is 0 Å². The van der Waals surface area contributed by atoms with Gasteiger partial charge in [0.05, 0.1) is 12.8 Å². The Kier molecular flexibility index (Phi) is 5.67. The number of hydrogen-bond acceptors (Lipinski definition) is 3. The molecule has 3 rings (SSSR count). The Morgan fingerprint density at radius 1 is 1.12 bits per heavy atom. The number of carbonyl (C=O) groups is 2. The summed E-state index contributed by atoms with van der Waals surface area (Å²) in [5.74, 6) is 0.728. The third-order valence-corrected chi connectivity index (χ3v) is 4.41. The number of likely N-dealkylation sites (tertiary alicyclic amines) is 1. The average molecular weight is 338 g/mol. The molecule has 5 heteroatoms. The van der Waals surface area contributed by atoms with E-state index in [1.807, 2.05) is 42.5 Å². The van der Waals surface area contributed by atoms with Crippen LogP contribution in [0.3, 0.4) is 0 Å². The highest BCUT2D eigenvalue weighted by Crippen LogP contribution is 2.18. The van der Waals surface area contributed by atoms with E-state index in [-0.39, 0.29) is 17.7 Å². The van der Waals surface area contributed by atoms with Crippen LogP contribution < -0.4 is 5.32 Å². The molecule has 25 heavy (non-hydrogen) atoms. The highest BCUT2D eigenvalue weighted by molar-refractivity contribution is 5.92. The molecule has 0 spiro atoms. The van der Waals surface area contributed by atoms with Gasteiger partial charge in [0.2, 0.25) is 11.8 Å². The molecule has 1 aromatic carbocycles. The predicted octanol–water partition coefficient (Wildman–Crippen LogP) is 2.85. The zero-order chi connectivity index (χ0) is 17.5. The number of nitrogens with one attached hydrogen (secondary N) is 1. The van der Waals surface area contributed by atoms with Crippen LogP contribution in [0.15, 0.2) is 59.2 Å². The molecule has 2 aromatic rings. The number of furan rings is 1. The summed E-state index contributed by atoms with van der Waals surface area (Å²) >= 11 is 0. The van der Waals surface area contributed by atoms with Crippen LogP contribution in [0.1, 0.15) is 24.2 Å². The van der Waals surface area contributed by atoms with Gasteiger partial charge in [0.1, 0.15) is 5.76 Å². The molecule has 0 aliphatic carbocycles. The van der Waals surface area contributed by atoms with Crippen LogP contribution in [-0.2, 0) is 16.1 Å². The molecule has 0 unspecified atom stereocenters. The predicted molar refractivity (Wildman–Crippen MR) is 95.3 cm³/mol. The first-order chi connectivity index (χ1) is 12.2. The number of nitrogens with zero attached hydrogens (tertiary/aromatic N) is 1. The SMILES string of the molecule is O=C(NCc1ccco1)C1CCN(C(=O)/C=C/c2ccccc2)CC1. The summed E-state index contributed by atoms with van der Waals surface area (Å²) in [5.41, 5.74) is 1.00. The van der Waals surface area contributed by atoms with Crippen LogP contribution in [0.5, 0.6) is 0 Å². The summed E-state index contributed by atoms with van der Waals surface area (Å²) in [7, 11) is 0. The molecular formula is C20H22N2O3. The van der Waals surface area contributed by atoms with Gasteiger partial charge in [-0.15, -0.1) is 0 Å². The molecule has 0 atom stereocenters. The molecule has 1 aromatic heterocycles. The molecule has 1 N–H and O–H groups in total. The summed E-state index contributed by atoms with van der Waals surface area (Å²) in [5, 5.41) is 2.90. The second kappa shape index (κ2) is 8.33. The van der Waals surface area contributed by atoms with Gasteiger partial charge in [0.15, 0.2) is 0 Å². The topological polar surface area (TPSA) is 62.6 Å². The van der Waals surface area contributed by atoms with Crippen molar-refractivity contribution in [2.45, 2.75) is 19.4 Å². The Hall–Kier alpha value is -2.82. The third kappa shape index (κ3) is 4.83. The largest absolute Gasteiger partial charge is 0.467 e. The minimum absolute atomic E-state index is 0.00158. The van der Waals surface area contributed by atoms with E-state index < -0.39 is 0 Å². The molecular weight excluding hydrogens is 316 g/mol. The first-order valence-corrected chi connectivity index (χ1v) is 8.54. The first kappa shape index (κ1) is 17.0. The lowest BCUT2D eigenvalue weighted by molar-refractivity contribution is -0.132. The van der Waals surface area contributed by atoms with Crippen LogP contribution in [-0.4, -0.2) is 29.8 Å². The maximum atomic E-state index is 12.3. The number of rotatable bonds is 5. The molecule has 1 aliphatic rings. The van der Waals surface area contributed by atoms with Crippen LogP contribution in [0.25, 0.3) is 6.08 Å². The van der Waals surface area contributed by atoms with E-state index in [1.165, 1.54) is 0 Å². The monoisotopic (exact) mass is 338 g/mol. The van der Waals surface area contributed by atoms with Gasteiger partial charge in [-0.05, 0) is 36.6 Å². The van der Waals surface area contributed by atoms with Gasteiger partial charge in [-0.2, -0.15) is 0 Å². The van der Waals surface area contributed by atoms with Gasteiger partial charge in [0.25, 0.3) is 0 Å². The van der Waals surface area contributed by atoms with Gasteiger partial charge in [0, 0.05) is 25.1 Å². The summed E-state index contributed by atoms with van der Waals surface area (Å²) < 4.78 is 5.21. The van der Waals surface area contributed by atoms with Gasteiger partial charge in [-0.1, -0.05) is 30.3 Å². The standard InChI is InChI=1S/C20H22N2O3/c23-19(9-8-16-5-2-1-3-6-16)22-12-10-17(11-13-22)20(24)21-15-18-7-4-14-25-18/h1-9,14,17H,10-13,15H2,(H,21,24)/b9-8+. The number of hydrogen-bond donors (Lipinski definition) is 1. The van der Waals surface area contributed by atoms with E-state index in [0.717, 1.165) is 11.3 Å². The minimum Gasteiger partial charge on any atom is -0.467 e. The zero-order valence-corrected chi connectivity index (χ0v) is 14.1. The molecule has 5 nitrogen and oxygen atoms in total. The first-order valence-electron chi connectivity index (χ1n) is 8.54. The molecule has 2 heterocycles. The zero-order valence-electron chi connectivity index (χ0n) is 14.1. The molecule has 1 saturated heterocycles. The van der Waals surface area contributed by atoms with E-state index in [9.17, 15) is 9.59 Å². The maximum absolute atomic E-state index is 12.3. The fourth-order valence-electron chi connectivity index (χ4n) is 2.93. The fraction of sp³-hybridized carbons (Fsp3) is 0.300. The molecule has 1 aliphatic heterocycles. The van der Waals surface area contributed by atoms with Crippen molar-refractivity contribution in [3.8, 4) is 0 Å². The van der Waals surface area contributed by atoms with E-state index in [1.54, 1.807) is 23.3 Å². The van der Waals surface area contributed by atoms with Crippen molar-refractivity contribution in [1.82, 2.24) is 10.2 Å². The Labute approximate surface area is 147 Å². The van der Waals surface area contributed by atoms with E-state index in [2.05, 4.69) is 5.32 Å². The Balaban J connectivity index is 1.44. The minimum atomic E-state index is -0.0443. The smallest absolute Gasteiger partial charge is 0.246 e. The molecule has 0 saturated carbocycles. The number of benzene rings is 1. The third-order valence-electron chi connectivity index (χ3n) is 4.41. The second-order valence-electron chi connectivity index (χ2n) is 6.14. The maximum Gasteiger partial charge on any atom is 0.246 e. The van der Waals surface area contributed by atoms with Crippen LogP contribution in [0.4, 0.5) is 0 Å². The van der Waals surface area contributed by atoms with Crippen LogP contribution in [0, 0.1) is 5.92 Å². The lowest BCUT2D eigenvalue weighted by Gasteiger charge is -2.30. The van der Waals surface area contributed by atoms with Gasteiger partial charge >= 0.3 is 0 Å². The van der Waals surface area contributed by atoms with Crippen molar-refractivity contribution in [3.63, 3.8) is 0 Å². The fourth-order valence-corrected chi connectivity index (χ4v) is 2.93. The van der Waals surface area contributed by atoms with E-state index >= 15 is 0 Å². The van der Waals surface area contributed by atoms with Crippen LogP contribution in [0.2, 0.25) is 0 Å². The van der Waals surface area contributed by atoms with Crippen molar-refractivity contribution in [2.24, 2.45) is 5.92 Å². The summed E-state index contributed by atoms with van der Waals surface area (Å²) in [4.78, 5) is 26.3. The van der Waals surface area contributed by atoms with Gasteiger partial charge in [-0.3, -0.25) is 9.59 Å². The Morgan fingerprint density at radius 2 is 1.88 bits per heavy atom. The van der Waals surface area contributed by atoms with Crippen molar-refractivity contribution < 1.29 is 14.0 Å². The second-order valence-corrected chi connectivity index (χ2v) is 6.14. The Bertz CT molecular complexity index is 715. The van der Waals surface area contributed by atoms with Crippen molar-refractivity contribution in [1.29, 1.82) is 0 Å². The summed E-state index contributed by atoms with van der Waals surface area (Å²) in [6, 6.07) is 13.4. The number of amides is 2. The van der Waals surface area contributed by atoms with E-state index in [0.29, 0.717) is 32.5 Å². The highest BCUT2D eigenvalue weighted by Gasteiger charge is 2.26. The molecule has 2 amide bonds. The van der Waals surface area contributed by atoms with Crippen molar-refractivity contribution >= 4 is 17.9 Å². The molecule has 130 valence electrons. The quantitative estimate of drug-likeness (QED) is 0.853. The number of piperidine rings is 1. The molecule has 1 fully saturated rings. The lowest BCUT2D eigenvalue weighted by atomic mass is 9.96. The Morgan fingerprint density at radius 3 is 2.56 bits per heavy atom. The average Bonchev–Trinajstić information content (AvgIpc) is 3.19. The molecule has 0 radical (unpaired) electrons. The van der Waals surface area contributed by atoms with E-state index in [4.69, 9.17) is 4.42 Å². The van der Waals surface area contributed by atoms with Crippen molar-refractivity contribution in [2.75, 3.05) is 13.1 Å². The van der Waals surface area contributed by atoms with Gasteiger partial charge < -0.3 is 14.6 Å². The summed E-state index contributed by atoms with van der Waals surface area (Å²) in [6.07, 6.45) is 6.40. The lowest BCUT2D eigenvalue weighted by Crippen LogP contribution is -2.42. The summed E-state index contributed by atoms with van der Waals surface area (Å²) in [6.45, 7) is 1.62. The number of carbonyl (C=O) groups excluding carboxylic acids is 2. The normalized spacial score (nSPS) is 15.4. The van der Waals surface area contributed by atoms with Crippen LogP contribution >= 0.6 is 0 Å². The highest BCUT2D eigenvalue weighted by atomic mass is 16.3. The molecule has 0 bridgehead atoms. The van der Waals surface area contributed by atoms with Crippen molar-refractivity contribution in [3.05, 3.63) is 66.1 Å².